The number of hydrogen-bond acceptors (Lipinski definition) is 3. The number of aromatic amines is 1. The minimum Gasteiger partial charge on any atom is -0.465 e. The van der Waals surface area contributed by atoms with Crippen molar-refractivity contribution >= 4 is 28.4 Å². The highest BCUT2D eigenvalue weighted by Gasteiger charge is 2.39. The fourth-order valence-electron chi connectivity index (χ4n) is 4.81. The van der Waals surface area contributed by atoms with E-state index in [1.807, 2.05) is 24.3 Å². The number of rotatable bonds is 1. The monoisotopic (exact) mass is 411 g/mol. The number of ketones is 1. The number of carbonyl (C=O) groups is 2. The molecule has 2 N–H and O–H groups in total. The van der Waals surface area contributed by atoms with Crippen molar-refractivity contribution in [3.63, 3.8) is 0 Å². The Kier molecular flexibility index (Phi) is 4.06. The molecule has 154 valence electrons. The first-order valence-corrected chi connectivity index (χ1v) is 10.2. The van der Waals surface area contributed by atoms with E-state index in [1.54, 1.807) is 12.1 Å². The van der Waals surface area contributed by atoms with Crippen LogP contribution in [0.4, 0.5) is 4.79 Å². The van der Waals surface area contributed by atoms with E-state index in [4.69, 9.17) is 0 Å². The SMILES string of the molecule is CC1(C)c2cc(C3=CCN(C(=O)O)CC3)ccc2C(=O)c2c1[nH]c1cc(C#N)ccc21. The number of nitrogens with one attached hydrogen (secondary N) is 1. The molecule has 1 aliphatic carbocycles. The minimum atomic E-state index is -0.904. The fourth-order valence-corrected chi connectivity index (χ4v) is 4.81. The van der Waals surface area contributed by atoms with E-state index in [-0.39, 0.29) is 5.78 Å². The molecule has 0 atom stereocenters. The lowest BCUT2D eigenvalue weighted by molar-refractivity contribution is 0.103. The Balaban J connectivity index is 1.62. The summed E-state index contributed by atoms with van der Waals surface area (Å²) in [6.07, 6.45) is 1.70. The zero-order valence-corrected chi connectivity index (χ0v) is 17.3. The standard InChI is InChI=1S/C25H21N3O3/c1-25(2)19-12-16(15-7-9-28(10-8-15)24(30)31)4-6-17(19)22(29)21-18-5-3-14(13-26)11-20(18)27-23(21)25/h3-7,11-12,27H,8-10H2,1-2H3,(H,30,31). The summed E-state index contributed by atoms with van der Waals surface area (Å²) in [5, 5.41) is 19.2. The number of hydrogen-bond donors (Lipinski definition) is 2. The molecule has 1 amide bonds. The highest BCUT2D eigenvalue weighted by molar-refractivity contribution is 6.20. The van der Waals surface area contributed by atoms with Crippen molar-refractivity contribution in [1.82, 2.24) is 9.88 Å². The van der Waals surface area contributed by atoms with Gasteiger partial charge in [-0.2, -0.15) is 5.26 Å². The summed E-state index contributed by atoms with van der Waals surface area (Å²) >= 11 is 0. The van der Waals surface area contributed by atoms with Crippen LogP contribution < -0.4 is 0 Å². The number of amides is 1. The molecule has 0 bridgehead atoms. The van der Waals surface area contributed by atoms with Crippen molar-refractivity contribution in [3.8, 4) is 6.07 Å². The Morgan fingerprint density at radius 1 is 1.23 bits per heavy atom. The van der Waals surface area contributed by atoms with Crippen molar-refractivity contribution in [2.24, 2.45) is 0 Å². The Morgan fingerprint density at radius 2 is 2.03 bits per heavy atom. The number of aromatic nitrogens is 1. The van der Waals surface area contributed by atoms with Gasteiger partial charge in [0.1, 0.15) is 0 Å². The van der Waals surface area contributed by atoms with E-state index in [0.29, 0.717) is 36.2 Å². The number of fused-ring (bicyclic) bond motifs is 4. The Labute approximate surface area is 179 Å². The highest BCUT2D eigenvalue weighted by Crippen LogP contribution is 2.44. The van der Waals surface area contributed by atoms with Gasteiger partial charge >= 0.3 is 6.09 Å². The molecule has 31 heavy (non-hydrogen) atoms. The molecule has 6 nitrogen and oxygen atoms in total. The smallest absolute Gasteiger partial charge is 0.407 e. The van der Waals surface area contributed by atoms with Gasteiger partial charge in [0.25, 0.3) is 0 Å². The molecule has 2 aromatic carbocycles. The Morgan fingerprint density at radius 3 is 2.71 bits per heavy atom. The molecule has 3 aromatic rings. The summed E-state index contributed by atoms with van der Waals surface area (Å²) in [6.45, 7) is 5.04. The zero-order chi connectivity index (χ0) is 21.9. The van der Waals surface area contributed by atoms with Gasteiger partial charge in [-0.3, -0.25) is 4.79 Å². The van der Waals surface area contributed by atoms with E-state index in [0.717, 1.165) is 33.3 Å². The second-order valence-corrected chi connectivity index (χ2v) is 8.67. The Hall–Kier alpha value is -3.85. The average molecular weight is 411 g/mol. The van der Waals surface area contributed by atoms with Gasteiger partial charge in [-0.15, -0.1) is 0 Å². The maximum atomic E-state index is 13.5. The topological polar surface area (TPSA) is 97.2 Å². The normalized spacial score (nSPS) is 17.0. The summed E-state index contributed by atoms with van der Waals surface area (Å²) in [7, 11) is 0. The summed E-state index contributed by atoms with van der Waals surface area (Å²) in [4.78, 5) is 29.4. The average Bonchev–Trinajstić information content (AvgIpc) is 3.17. The van der Waals surface area contributed by atoms with Crippen LogP contribution in [-0.2, 0) is 5.41 Å². The van der Waals surface area contributed by atoms with Gasteiger partial charge < -0.3 is 15.0 Å². The van der Waals surface area contributed by atoms with Crippen LogP contribution in [-0.4, -0.2) is 40.0 Å². The largest absolute Gasteiger partial charge is 0.465 e. The molecule has 2 aliphatic rings. The molecule has 5 rings (SSSR count). The van der Waals surface area contributed by atoms with Crippen LogP contribution in [0.3, 0.4) is 0 Å². The van der Waals surface area contributed by atoms with Crippen LogP contribution in [0.15, 0.2) is 42.5 Å². The summed E-state index contributed by atoms with van der Waals surface area (Å²) in [5.74, 6) is -0.0125. The summed E-state index contributed by atoms with van der Waals surface area (Å²) in [5.41, 5.74) is 6.23. The first-order valence-electron chi connectivity index (χ1n) is 10.2. The lowest BCUT2D eigenvalue weighted by atomic mass is 9.70. The summed E-state index contributed by atoms with van der Waals surface area (Å²) < 4.78 is 0. The van der Waals surface area contributed by atoms with E-state index >= 15 is 0 Å². The summed E-state index contributed by atoms with van der Waals surface area (Å²) in [6, 6.07) is 13.5. The van der Waals surface area contributed by atoms with E-state index in [1.165, 1.54) is 4.90 Å². The predicted octanol–water partition coefficient (Wildman–Crippen LogP) is 4.68. The van der Waals surface area contributed by atoms with Gasteiger partial charge in [-0.05, 0) is 41.3 Å². The molecule has 1 aromatic heterocycles. The molecule has 0 radical (unpaired) electrons. The molecule has 1 aliphatic heterocycles. The molecule has 0 unspecified atom stereocenters. The Bertz CT molecular complexity index is 1350. The van der Waals surface area contributed by atoms with Crippen molar-refractivity contribution in [2.45, 2.75) is 25.7 Å². The second-order valence-electron chi connectivity index (χ2n) is 8.67. The first kappa shape index (κ1) is 19.1. The van der Waals surface area contributed by atoms with Crippen LogP contribution in [0.2, 0.25) is 0 Å². The quantitative estimate of drug-likeness (QED) is 0.608. The fraction of sp³-hybridized carbons (Fsp3) is 0.240. The third kappa shape index (κ3) is 2.77. The van der Waals surface area contributed by atoms with Crippen molar-refractivity contribution in [2.75, 3.05) is 13.1 Å². The first-order chi connectivity index (χ1) is 14.8. The lowest BCUT2D eigenvalue weighted by Gasteiger charge is -2.33. The molecule has 2 heterocycles. The van der Waals surface area contributed by atoms with Crippen LogP contribution >= 0.6 is 0 Å². The van der Waals surface area contributed by atoms with Gasteiger partial charge in [-0.1, -0.05) is 38.1 Å². The maximum Gasteiger partial charge on any atom is 0.407 e. The zero-order valence-electron chi connectivity index (χ0n) is 17.3. The van der Waals surface area contributed by atoms with Gasteiger partial charge in [-0.25, -0.2) is 4.79 Å². The van der Waals surface area contributed by atoms with Crippen LogP contribution in [0.25, 0.3) is 16.5 Å². The van der Waals surface area contributed by atoms with Gasteiger partial charge in [0.15, 0.2) is 5.78 Å². The minimum absolute atomic E-state index is 0.0125. The molecule has 0 fully saturated rings. The number of nitriles is 1. The van der Waals surface area contributed by atoms with Gasteiger partial charge in [0.05, 0.1) is 17.2 Å². The maximum absolute atomic E-state index is 13.5. The van der Waals surface area contributed by atoms with E-state index in [9.17, 15) is 20.0 Å². The predicted molar refractivity (Wildman–Crippen MR) is 117 cm³/mol. The highest BCUT2D eigenvalue weighted by atomic mass is 16.4. The number of carbonyl (C=O) groups excluding carboxylic acids is 1. The van der Waals surface area contributed by atoms with Crippen LogP contribution in [0.5, 0.6) is 0 Å². The van der Waals surface area contributed by atoms with E-state index in [2.05, 4.69) is 31.0 Å². The van der Waals surface area contributed by atoms with Crippen LogP contribution in [0.1, 0.15) is 58.6 Å². The van der Waals surface area contributed by atoms with Crippen molar-refractivity contribution in [3.05, 3.63) is 76.0 Å². The third-order valence-corrected chi connectivity index (χ3v) is 6.57. The van der Waals surface area contributed by atoms with Crippen molar-refractivity contribution in [1.29, 1.82) is 5.26 Å². The van der Waals surface area contributed by atoms with E-state index < -0.39 is 11.5 Å². The third-order valence-electron chi connectivity index (χ3n) is 6.57. The number of H-pyrrole nitrogens is 1. The van der Waals surface area contributed by atoms with Gasteiger partial charge in [0, 0.05) is 40.7 Å². The second kappa shape index (κ2) is 6.58. The molecular formula is C25H21N3O3. The lowest BCUT2D eigenvalue weighted by Crippen LogP contribution is -2.33. The molecule has 6 heteroatoms. The molecule has 0 saturated heterocycles. The number of benzene rings is 2. The van der Waals surface area contributed by atoms with Gasteiger partial charge in [0.2, 0.25) is 0 Å². The number of carboxylic acid groups (broad SMARTS) is 1. The molecule has 0 spiro atoms. The molecule has 0 saturated carbocycles. The van der Waals surface area contributed by atoms with Crippen molar-refractivity contribution < 1.29 is 14.7 Å². The van der Waals surface area contributed by atoms with Crippen LogP contribution in [0, 0.1) is 11.3 Å². The molecular weight excluding hydrogens is 390 g/mol. The number of nitrogens with zero attached hydrogens (tertiary/aromatic N) is 2.